The zero-order valence-electron chi connectivity index (χ0n) is 13.3. The fourth-order valence-corrected chi connectivity index (χ4v) is 3.80. The van der Waals surface area contributed by atoms with Crippen LogP contribution >= 0.6 is 0 Å². The molecule has 1 aliphatic carbocycles. The van der Waals surface area contributed by atoms with Gasteiger partial charge in [0.1, 0.15) is 0 Å². The number of amides is 2. The minimum atomic E-state index is -0.805. The Morgan fingerprint density at radius 1 is 1.09 bits per heavy atom. The van der Waals surface area contributed by atoms with Gasteiger partial charge in [-0.05, 0) is 24.8 Å². The molecule has 3 atom stereocenters. The average Bonchev–Trinajstić information content (AvgIpc) is 3.07. The van der Waals surface area contributed by atoms with Crippen LogP contribution in [0.4, 0.5) is 4.79 Å². The zero-order chi connectivity index (χ0) is 16.2. The van der Waals surface area contributed by atoms with Crippen molar-refractivity contribution >= 4 is 12.0 Å². The van der Waals surface area contributed by atoms with E-state index in [1.165, 1.54) is 12.0 Å². The summed E-state index contributed by atoms with van der Waals surface area (Å²) in [5, 5.41) is 12.2. The monoisotopic (exact) mass is 316 g/mol. The van der Waals surface area contributed by atoms with Crippen LogP contribution in [0, 0.1) is 5.92 Å². The number of carbonyl (C=O) groups excluding carboxylic acids is 1. The third-order valence-electron chi connectivity index (χ3n) is 5.13. The molecule has 23 heavy (non-hydrogen) atoms. The molecule has 3 unspecified atom stereocenters. The third-order valence-corrected chi connectivity index (χ3v) is 5.13. The first-order valence-corrected chi connectivity index (χ1v) is 8.48. The van der Waals surface area contributed by atoms with Gasteiger partial charge in [0.25, 0.3) is 0 Å². The summed E-state index contributed by atoms with van der Waals surface area (Å²) < 4.78 is 0. The number of nitrogens with zero attached hydrogens (tertiary/aromatic N) is 1. The lowest BCUT2D eigenvalue weighted by atomic mass is 9.80. The molecule has 1 aliphatic heterocycles. The van der Waals surface area contributed by atoms with Gasteiger partial charge in [0, 0.05) is 25.0 Å². The number of hydrogen-bond acceptors (Lipinski definition) is 2. The molecule has 3 rings (SSSR count). The summed E-state index contributed by atoms with van der Waals surface area (Å²) in [5.74, 6) is -0.871. The molecular weight excluding hydrogens is 292 g/mol. The number of benzene rings is 1. The molecule has 0 bridgehead atoms. The van der Waals surface area contributed by atoms with Crippen LogP contribution < -0.4 is 5.32 Å². The Balaban J connectivity index is 1.63. The summed E-state index contributed by atoms with van der Waals surface area (Å²) in [6, 6.07) is 10.4. The maximum Gasteiger partial charge on any atom is 0.317 e. The average molecular weight is 316 g/mol. The molecule has 1 aromatic carbocycles. The summed E-state index contributed by atoms with van der Waals surface area (Å²) in [6.45, 7) is 0.857. The quantitative estimate of drug-likeness (QED) is 0.901. The lowest BCUT2D eigenvalue weighted by molar-refractivity contribution is -0.141. The van der Waals surface area contributed by atoms with Crippen molar-refractivity contribution < 1.29 is 14.7 Å². The minimum Gasteiger partial charge on any atom is -0.481 e. The first kappa shape index (κ1) is 15.8. The van der Waals surface area contributed by atoms with Crippen molar-refractivity contribution in [1.29, 1.82) is 0 Å². The van der Waals surface area contributed by atoms with E-state index in [4.69, 9.17) is 5.11 Å². The third kappa shape index (κ3) is 3.66. The summed E-state index contributed by atoms with van der Waals surface area (Å²) in [6.07, 6.45) is 4.95. The van der Waals surface area contributed by atoms with Gasteiger partial charge in [-0.15, -0.1) is 0 Å². The fraction of sp³-hybridized carbons (Fsp3) is 0.556. The number of urea groups is 1. The molecule has 1 aromatic rings. The Morgan fingerprint density at radius 2 is 1.83 bits per heavy atom. The van der Waals surface area contributed by atoms with Crippen LogP contribution in [-0.4, -0.2) is 41.1 Å². The van der Waals surface area contributed by atoms with Crippen LogP contribution in [0.5, 0.6) is 0 Å². The summed E-state index contributed by atoms with van der Waals surface area (Å²) >= 11 is 0. The number of carboxylic acids is 1. The number of nitrogens with one attached hydrogen (secondary N) is 1. The van der Waals surface area contributed by atoms with Crippen molar-refractivity contribution in [1.82, 2.24) is 10.2 Å². The van der Waals surface area contributed by atoms with Crippen molar-refractivity contribution in [3.63, 3.8) is 0 Å². The van der Waals surface area contributed by atoms with E-state index < -0.39 is 11.9 Å². The SMILES string of the molecule is O=C(O)C1CCN(C(=O)NC2CCCCC2c2ccccc2)C1. The zero-order valence-corrected chi connectivity index (χ0v) is 13.3. The maximum atomic E-state index is 12.5. The van der Waals surface area contributed by atoms with Crippen molar-refractivity contribution in [2.75, 3.05) is 13.1 Å². The van der Waals surface area contributed by atoms with Crippen molar-refractivity contribution in [2.24, 2.45) is 5.92 Å². The topological polar surface area (TPSA) is 69.6 Å². The van der Waals surface area contributed by atoms with Crippen molar-refractivity contribution in [3.8, 4) is 0 Å². The van der Waals surface area contributed by atoms with Gasteiger partial charge in [0.05, 0.1) is 5.92 Å². The molecule has 2 fully saturated rings. The first-order valence-electron chi connectivity index (χ1n) is 8.48. The molecule has 124 valence electrons. The van der Waals surface area contributed by atoms with Gasteiger partial charge in [0.15, 0.2) is 0 Å². The van der Waals surface area contributed by atoms with Crippen LogP contribution in [0.15, 0.2) is 30.3 Å². The molecule has 1 heterocycles. The lowest BCUT2D eigenvalue weighted by Crippen LogP contribution is -2.47. The highest BCUT2D eigenvalue weighted by atomic mass is 16.4. The Labute approximate surface area is 136 Å². The summed E-state index contributed by atoms with van der Waals surface area (Å²) in [7, 11) is 0. The van der Waals surface area contributed by atoms with E-state index in [0.717, 1.165) is 19.3 Å². The predicted octanol–water partition coefficient (Wildman–Crippen LogP) is 2.83. The van der Waals surface area contributed by atoms with Crippen LogP contribution in [0.3, 0.4) is 0 Å². The fourth-order valence-electron chi connectivity index (χ4n) is 3.80. The van der Waals surface area contributed by atoms with Gasteiger partial charge < -0.3 is 15.3 Å². The van der Waals surface area contributed by atoms with Gasteiger partial charge >= 0.3 is 12.0 Å². The number of carbonyl (C=O) groups is 2. The Bertz CT molecular complexity index is 561. The molecular formula is C18H24N2O3. The number of carboxylic acid groups (broad SMARTS) is 1. The van der Waals surface area contributed by atoms with Crippen LogP contribution in [0.2, 0.25) is 0 Å². The number of likely N-dealkylation sites (tertiary alicyclic amines) is 1. The molecule has 0 aromatic heterocycles. The molecule has 2 aliphatic rings. The molecule has 5 nitrogen and oxygen atoms in total. The molecule has 0 spiro atoms. The molecule has 0 radical (unpaired) electrons. The Morgan fingerprint density at radius 3 is 2.52 bits per heavy atom. The summed E-state index contributed by atoms with van der Waals surface area (Å²) in [4.78, 5) is 25.2. The largest absolute Gasteiger partial charge is 0.481 e. The second-order valence-electron chi connectivity index (χ2n) is 6.63. The van der Waals surface area contributed by atoms with E-state index >= 15 is 0 Å². The van der Waals surface area contributed by atoms with E-state index in [1.54, 1.807) is 4.90 Å². The number of rotatable bonds is 3. The van der Waals surface area contributed by atoms with E-state index in [1.807, 2.05) is 18.2 Å². The molecule has 2 N–H and O–H groups in total. The van der Waals surface area contributed by atoms with Gasteiger partial charge in [-0.2, -0.15) is 0 Å². The second kappa shape index (κ2) is 7.02. The van der Waals surface area contributed by atoms with E-state index in [9.17, 15) is 9.59 Å². The first-order chi connectivity index (χ1) is 11.1. The van der Waals surface area contributed by atoms with E-state index in [2.05, 4.69) is 17.4 Å². The molecule has 1 saturated heterocycles. The minimum absolute atomic E-state index is 0.110. The Kier molecular flexibility index (Phi) is 4.84. The van der Waals surface area contributed by atoms with Gasteiger partial charge in [-0.25, -0.2) is 4.79 Å². The van der Waals surface area contributed by atoms with E-state index in [-0.39, 0.29) is 12.1 Å². The number of aliphatic carboxylic acids is 1. The van der Waals surface area contributed by atoms with Crippen LogP contribution in [0.25, 0.3) is 0 Å². The van der Waals surface area contributed by atoms with Crippen LogP contribution in [0.1, 0.15) is 43.6 Å². The van der Waals surface area contributed by atoms with Crippen LogP contribution in [-0.2, 0) is 4.79 Å². The highest BCUT2D eigenvalue weighted by Gasteiger charge is 2.33. The maximum absolute atomic E-state index is 12.5. The normalized spacial score (nSPS) is 27.7. The second-order valence-corrected chi connectivity index (χ2v) is 6.63. The lowest BCUT2D eigenvalue weighted by Gasteiger charge is -2.33. The van der Waals surface area contributed by atoms with Gasteiger partial charge in [-0.1, -0.05) is 43.2 Å². The highest BCUT2D eigenvalue weighted by Crippen LogP contribution is 2.33. The van der Waals surface area contributed by atoms with Crippen molar-refractivity contribution in [2.45, 2.75) is 44.1 Å². The van der Waals surface area contributed by atoms with Crippen molar-refractivity contribution in [3.05, 3.63) is 35.9 Å². The highest BCUT2D eigenvalue weighted by molar-refractivity contribution is 5.77. The Hall–Kier alpha value is -2.04. The standard InChI is InChI=1S/C18H24N2O3/c21-17(22)14-10-11-20(12-14)18(23)19-16-9-5-4-8-15(16)13-6-2-1-3-7-13/h1-3,6-7,14-16H,4-5,8-12H2,(H,19,23)(H,21,22). The number of hydrogen-bond donors (Lipinski definition) is 2. The molecule has 2 amide bonds. The smallest absolute Gasteiger partial charge is 0.317 e. The predicted molar refractivity (Wildman–Crippen MR) is 87.3 cm³/mol. The summed E-state index contributed by atoms with van der Waals surface area (Å²) in [5.41, 5.74) is 1.28. The van der Waals surface area contributed by atoms with E-state index in [0.29, 0.717) is 25.4 Å². The van der Waals surface area contributed by atoms with Gasteiger partial charge in [0.2, 0.25) is 0 Å². The van der Waals surface area contributed by atoms with Gasteiger partial charge in [-0.3, -0.25) is 4.79 Å². The molecule has 5 heteroatoms. The molecule has 1 saturated carbocycles.